The van der Waals surface area contributed by atoms with E-state index >= 15 is 0 Å². The number of benzene rings is 1. The van der Waals surface area contributed by atoms with E-state index in [1.54, 1.807) is 6.08 Å². The Hall–Kier alpha value is -1.90. The number of carboxylic acid groups (broad SMARTS) is 1. The lowest BCUT2D eigenvalue weighted by atomic mass is 9.95. The molecule has 1 unspecified atom stereocenters. The Morgan fingerprint density at radius 3 is 2.45 bits per heavy atom. The molecule has 1 aromatic carbocycles. The van der Waals surface area contributed by atoms with Crippen LogP contribution in [-0.4, -0.2) is 17.4 Å². The van der Waals surface area contributed by atoms with Crippen molar-refractivity contribution in [3.05, 3.63) is 48.0 Å². The number of unbranched alkanes of at least 4 members (excludes halogenated alkanes) is 1. The highest BCUT2D eigenvalue weighted by Crippen LogP contribution is 2.15. The van der Waals surface area contributed by atoms with Crippen LogP contribution >= 0.6 is 0 Å². The van der Waals surface area contributed by atoms with E-state index in [1.807, 2.05) is 19.1 Å². The molecule has 0 aliphatic heterocycles. The van der Waals surface area contributed by atoms with Gasteiger partial charge in [-0.25, -0.2) is 0 Å². The molecule has 0 heterocycles. The second-order valence-electron chi connectivity index (χ2n) is 4.87. The smallest absolute Gasteiger partial charge is 0.303 e. The molecule has 20 heavy (non-hydrogen) atoms. The molecule has 0 aliphatic rings. The summed E-state index contributed by atoms with van der Waals surface area (Å²) in [5.41, 5.74) is 2.49. The minimum atomic E-state index is -0.717. The molecule has 0 saturated carbocycles. The number of allylic oxidation sites excluding steroid dienone is 1. The van der Waals surface area contributed by atoms with Gasteiger partial charge in [-0.2, -0.15) is 0 Å². The minimum absolute atomic E-state index is 0.202. The molecular weight excluding hydrogens is 252 g/mol. The van der Waals surface area contributed by atoms with Gasteiger partial charge in [-0.05, 0) is 36.8 Å². The van der Waals surface area contributed by atoms with Crippen molar-refractivity contribution in [2.45, 2.75) is 39.5 Å². The molecule has 1 rings (SSSR count). The Bertz CT molecular complexity index is 416. The molecule has 0 radical (unpaired) electrons. The van der Waals surface area contributed by atoms with Gasteiger partial charge in [-0.3, -0.25) is 4.79 Å². The normalized spacial score (nSPS) is 10.9. The molecule has 0 fully saturated rings. The van der Waals surface area contributed by atoms with Crippen LogP contribution < -0.4 is 0 Å². The molecule has 0 aromatic heterocycles. The van der Waals surface area contributed by atoms with Crippen LogP contribution in [-0.2, 0) is 16.0 Å². The topological polar surface area (TPSA) is 54.4 Å². The predicted molar refractivity (Wildman–Crippen MR) is 81.8 cm³/mol. The summed E-state index contributed by atoms with van der Waals surface area (Å²) in [6.07, 6.45) is 5.14. The zero-order chi connectivity index (χ0) is 15.4. The fourth-order valence-electron chi connectivity index (χ4n) is 1.77. The molecule has 3 heteroatoms. The van der Waals surface area contributed by atoms with E-state index in [9.17, 15) is 9.59 Å². The SMILES string of the molecule is C=CCCC=O.Cc1ccccc1CC(C)CC(=O)O. The van der Waals surface area contributed by atoms with Crippen LogP contribution in [0, 0.1) is 12.8 Å². The number of aliphatic carboxylic acids is 1. The lowest BCUT2D eigenvalue weighted by molar-refractivity contribution is -0.137. The number of carbonyl (C=O) groups is 2. The second-order valence-corrected chi connectivity index (χ2v) is 4.87. The van der Waals surface area contributed by atoms with Crippen LogP contribution in [0.3, 0.4) is 0 Å². The molecular formula is C17H24O3. The summed E-state index contributed by atoms with van der Waals surface area (Å²) in [7, 11) is 0. The average molecular weight is 276 g/mol. The molecule has 0 amide bonds. The van der Waals surface area contributed by atoms with Gasteiger partial charge in [0.1, 0.15) is 6.29 Å². The largest absolute Gasteiger partial charge is 0.481 e. The average Bonchev–Trinajstić information content (AvgIpc) is 2.39. The molecule has 0 bridgehead atoms. The fraction of sp³-hybridized carbons (Fsp3) is 0.412. The van der Waals surface area contributed by atoms with Gasteiger partial charge in [0.05, 0.1) is 0 Å². The summed E-state index contributed by atoms with van der Waals surface area (Å²) in [5, 5.41) is 8.63. The maximum absolute atomic E-state index is 10.5. The summed E-state index contributed by atoms with van der Waals surface area (Å²) < 4.78 is 0. The first-order valence-corrected chi connectivity index (χ1v) is 6.82. The number of hydrogen-bond acceptors (Lipinski definition) is 2. The molecule has 1 atom stereocenters. The third kappa shape index (κ3) is 9.09. The Labute approximate surface area is 121 Å². The summed E-state index contributed by atoms with van der Waals surface area (Å²) in [4.78, 5) is 20.0. The van der Waals surface area contributed by atoms with Crippen LogP contribution in [0.2, 0.25) is 0 Å². The highest BCUT2D eigenvalue weighted by atomic mass is 16.4. The van der Waals surface area contributed by atoms with Gasteiger partial charge in [0.2, 0.25) is 0 Å². The summed E-state index contributed by atoms with van der Waals surface area (Å²) in [6, 6.07) is 8.12. The quantitative estimate of drug-likeness (QED) is 0.468. The third-order valence-electron chi connectivity index (χ3n) is 2.84. The van der Waals surface area contributed by atoms with E-state index in [4.69, 9.17) is 5.11 Å². The van der Waals surface area contributed by atoms with Crippen molar-refractivity contribution in [2.75, 3.05) is 0 Å². The predicted octanol–water partition coefficient (Wildman–Crippen LogP) is 3.80. The molecule has 0 saturated heterocycles. The first-order valence-electron chi connectivity index (χ1n) is 6.82. The van der Waals surface area contributed by atoms with Crippen LogP contribution in [0.15, 0.2) is 36.9 Å². The van der Waals surface area contributed by atoms with E-state index < -0.39 is 5.97 Å². The van der Waals surface area contributed by atoms with E-state index in [0.717, 1.165) is 19.1 Å². The Kier molecular flexibility index (Phi) is 9.93. The van der Waals surface area contributed by atoms with Crippen molar-refractivity contribution < 1.29 is 14.7 Å². The van der Waals surface area contributed by atoms with Crippen LogP contribution in [0.5, 0.6) is 0 Å². The highest BCUT2D eigenvalue weighted by Gasteiger charge is 2.09. The van der Waals surface area contributed by atoms with Gasteiger partial charge in [-0.15, -0.1) is 6.58 Å². The van der Waals surface area contributed by atoms with E-state index in [2.05, 4.69) is 25.6 Å². The molecule has 1 aromatic rings. The first-order chi connectivity index (χ1) is 9.51. The number of carboxylic acids is 1. The van der Waals surface area contributed by atoms with E-state index in [1.165, 1.54) is 11.1 Å². The molecule has 110 valence electrons. The van der Waals surface area contributed by atoms with Crippen molar-refractivity contribution >= 4 is 12.3 Å². The number of aldehydes is 1. The van der Waals surface area contributed by atoms with Gasteiger partial charge in [0.15, 0.2) is 0 Å². The van der Waals surface area contributed by atoms with Crippen molar-refractivity contribution in [1.29, 1.82) is 0 Å². The maximum Gasteiger partial charge on any atom is 0.303 e. The van der Waals surface area contributed by atoms with E-state index in [0.29, 0.717) is 6.42 Å². The fourth-order valence-corrected chi connectivity index (χ4v) is 1.77. The zero-order valence-corrected chi connectivity index (χ0v) is 12.3. The first kappa shape index (κ1) is 18.1. The number of carbonyl (C=O) groups excluding carboxylic acids is 1. The molecule has 0 spiro atoms. The van der Waals surface area contributed by atoms with Gasteiger partial charge >= 0.3 is 5.97 Å². The summed E-state index contributed by atoms with van der Waals surface area (Å²) in [5.74, 6) is -0.514. The van der Waals surface area contributed by atoms with Crippen molar-refractivity contribution in [1.82, 2.24) is 0 Å². The second kappa shape index (κ2) is 11.0. The van der Waals surface area contributed by atoms with Gasteiger partial charge < -0.3 is 9.90 Å². The number of rotatable bonds is 7. The van der Waals surface area contributed by atoms with Crippen molar-refractivity contribution in [2.24, 2.45) is 5.92 Å². The molecule has 1 N–H and O–H groups in total. The van der Waals surface area contributed by atoms with E-state index in [-0.39, 0.29) is 12.3 Å². The highest BCUT2D eigenvalue weighted by molar-refractivity contribution is 5.67. The lowest BCUT2D eigenvalue weighted by Gasteiger charge is -2.10. The van der Waals surface area contributed by atoms with Crippen LogP contribution in [0.4, 0.5) is 0 Å². The van der Waals surface area contributed by atoms with Gasteiger partial charge in [-0.1, -0.05) is 37.3 Å². The monoisotopic (exact) mass is 276 g/mol. The third-order valence-corrected chi connectivity index (χ3v) is 2.84. The maximum atomic E-state index is 10.5. The molecule has 0 aliphatic carbocycles. The number of hydrogen-bond donors (Lipinski definition) is 1. The number of aryl methyl sites for hydroxylation is 1. The van der Waals surface area contributed by atoms with Gasteiger partial charge in [0, 0.05) is 12.8 Å². The van der Waals surface area contributed by atoms with Crippen molar-refractivity contribution in [3.8, 4) is 0 Å². The Morgan fingerprint density at radius 2 is 2.00 bits per heavy atom. The van der Waals surface area contributed by atoms with Gasteiger partial charge in [0.25, 0.3) is 0 Å². The van der Waals surface area contributed by atoms with Crippen LogP contribution in [0.1, 0.15) is 37.3 Å². The Morgan fingerprint density at radius 1 is 1.35 bits per heavy atom. The Balaban J connectivity index is 0.000000511. The van der Waals surface area contributed by atoms with Crippen LogP contribution in [0.25, 0.3) is 0 Å². The minimum Gasteiger partial charge on any atom is -0.481 e. The summed E-state index contributed by atoms with van der Waals surface area (Å²) >= 11 is 0. The lowest BCUT2D eigenvalue weighted by Crippen LogP contribution is -2.07. The van der Waals surface area contributed by atoms with Crippen molar-refractivity contribution in [3.63, 3.8) is 0 Å². The molecule has 3 nitrogen and oxygen atoms in total. The zero-order valence-electron chi connectivity index (χ0n) is 12.3. The standard InChI is InChI=1S/C12H16O2.C5H8O/c1-9(8-12(13)14)7-11-6-4-3-5-10(11)2;1-2-3-4-5-6/h3-6,9H,7-8H2,1-2H3,(H,13,14);2,5H,1,3-4H2. The summed E-state index contributed by atoms with van der Waals surface area (Å²) in [6.45, 7) is 7.47.